The van der Waals surface area contributed by atoms with Gasteiger partial charge in [-0.3, -0.25) is 0 Å². The minimum atomic E-state index is -0.439. The Morgan fingerprint density at radius 1 is 1.23 bits per heavy atom. The monoisotopic (exact) mass is 300 g/mol. The maximum Gasteiger partial charge on any atom is 0.338 e. The Kier molecular flexibility index (Phi) is 3.50. The van der Waals surface area contributed by atoms with Crippen LogP contribution in [-0.2, 0) is 4.74 Å². The highest BCUT2D eigenvalue weighted by molar-refractivity contribution is 6.03. The van der Waals surface area contributed by atoms with Gasteiger partial charge in [-0.2, -0.15) is 0 Å². The van der Waals surface area contributed by atoms with Gasteiger partial charge in [0.25, 0.3) is 0 Å². The van der Waals surface area contributed by atoms with E-state index in [4.69, 9.17) is 9.47 Å². The first-order valence-electron chi connectivity index (χ1n) is 6.54. The Balaban J connectivity index is 2.19. The van der Waals surface area contributed by atoms with Gasteiger partial charge in [-0.15, -0.1) is 0 Å². The molecule has 3 rings (SSSR count). The van der Waals surface area contributed by atoms with Gasteiger partial charge in [0.2, 0.25) is 0 Å². The van der Waals surface area contributed by atoms with Crippen molar-refractivity contribution in [2.24, 2.45) is 0 Å². The molecule has 0 amide bonds. The van der Waals surface area contributed by atoms with Gasteiger partial charge < -0.3 is 14.0 Å². The van der Waals surface area contributed by atoms with E-state index in [1.165, 1.54) is 26.5 Å². The number of nitrogens with zero attached hydrogens (tertiary/aromatic N) is 2. The topological polar surface area (TPSA) is 53.3 Å². The highest BCUT2D eigenvalue weighted by Gasteiger charge is 2.15. The van der Waals surface area contributed by atoms with Crippen LogP contribution in [0.25, 0.3) is 16.7 Å². The molecule has 6 heteroatoms. The van der Waals surface area contributed by atoms with Crippen molar-refractivity contribution in [2.45, 2.75) is 0 Å². The number of pyridine rings is 1. The molecular formula is C16H13FN2O3. The summed E-state index contributed by atoms with van der Waals surface area (Å²) >= 11 is 0. The minimum absolute atomic E-state index is 0.142. The number of rotatable bonds is 3. The number of benzene rings is 1. The van der Waals surface area contributed by atoms with Gasteiger partial charge in [-0.05, 0) is 24.3 Å². The number of carbonyl (C=O) groups is 1. The summed E-state index contributed by atoms with van der Waals surface area (Å²) in [4.78, 5) is 16.1. The lowest BCUT2D eigenvalue weighted by molar-refractivity contribution is 0.0603. The molecule has 0 aliphatic heterocycles. The molecule has 2 heterocycles. The number of hydrogen-bond donors (Lipinski definition) is 0. The van der Waals surface area contributed by atoms with Crippen molar-refractivity contribution >= 4 is 17.0 Å². The summed E-state index contributed by atoms with van der Waals surface area (Å²) in [6.07, 6.45) is 3.29. The fraction of sp³-hybridized carbons (Fsp3) is 0.125. The van der Waals surface area contributed by atoms with E-state index in [0.29, 0.717) is 22.3 Å². The fourth-order valence-corrected chi connectivity index (χ4v) is 2.33. The lowest BCUT2D eigenvalue weighted by atomic mass is 10.2. The van der Waals surface area contributed by atoms with Crippen molar-refractivity contribution in [2.75, 3.05) is 14.2 Å². The maximum atomic E-state index is 13.5. The molecule has 112 valence electrons. The highest BCUT2D eigenvalue weighted by atomic mass is 19.1. The zero-order valence-corrected chi connectivity index (χ0v) is 12.0. The number of aromatic nitrogens is 2. The second-order valence-electron chi connectivity index (χ2n) is 4.59. The molecule has 0 saturated heterocycles. The van der Waals surface area contributed by atoms with Crippen LogP contribution in [0, 0.1) is 5.82 Å². The molecule has 0 bridgehead atoms. The quantitative estimate of drug-likeness (QED) is 0.698. The molecule has 0 atom stereocenters. The van der Waals surface area contributed by atoms with Gasteiger partial charge in [-0.25, -0.2) is 14.2 Å². The first-order chi connectivity index (χ1) is 10.7. The second-order valence-corrected chi connectivity index (χ2v) is 4.59. The Morgan fingerprint density at radius 2 is 2.05 bits per heavy atom. The molecule has 0 aliphatic carbocycles. The van der Waals surface area contributed by atoms with Crippen molar-refractivity contribution in [3.63, 3.8) is 0 Å². The van der Waals surface area contributed by atoms with E-state index < -0.39 is 11.8 Å². The zero-order chi connectivity index (χ0) is 15.7. The third kappa shape index (κ3) is 2.18. The van der Waals surface area contributed by atoms with Crippen LogP contribution in [0.5, 0.6) is 5.75 Å². The average molecular weight is 300 g/mol. The van der Waals surface area contributed by atoms with Crippen molar-refractivity contribution in [1.82, 2.24) is 9.55 Å². The van der Waals surface area contributed by atoms with E-state index in [0.717, 1.165) is 0 Å². The van der Waals surface area contributed by atoms with Gasteiger partial charge in [0.05, 0.1) is 25.5 Å². The molecule has 0 fully saturated rings. The third-order valence-electron chi connectivity index (χ3n) is 3.41. The largest absolute Gasteiger partial charge is 0.494 e. The fourth-order valence-electron chi connectivity index (χ4n) is 2.33. The van der Waals surface area contributed by atoms with Crippen LogP contribution < -0.4 is 4.74 Å². The molecular weight excluding hydrogens is 287 g/mol. The predicted molar refractivity (Wildman–Crippen MR) is 78.9 cm³/mol. The molecule has 0 unspecified atom stereocenters. The average Bonchev–Trinajstić information content (AvgIpc) is 2.98. The van der Waals surface area contributed by atoms with Crippen LogP contribution in [0.15, 0.2) is 42.7 Å². The van der Waals surface area contributed by atoms with E-state index in [-0.39, 0.29) is 5.75 Å². The molecule has 3 aromatic rings. The number of hydrogen-bond acceptors (Lipinski definition) is 4. The summed E-state index contributed by atoms with van der Waals surface area (Å²) in [5.74, 6) is -0.726. The van der Waals surface area contributed by atoms with Gasteiger partial charge in [0, 0.05) is 23.8 Å². The van der Waals surface area contributed by atoms with Crippen LogP contribution in [0.3, 0.4) is 0 Å². The number of halogens is 1. The summed E-state index contributed by atoms with van der Waals surface area (Å²) in [6, 6.07) is 7.88. The molecule has 0 N–H and O–H groups in total. The Bertz CT molecular complexity index is 858. The van der Waals surface area contributed by atoms with Crippen LogP contribution in [0.2, 0.25) is 0 Å². The minimum Gasteiger partial charge on any atom is -0.494 e. The van der Waals surface area contributed by atoms with E-state index in [2.05, 4.69) is 4.98 Å². The molecule has 0 saturated carbocycles. The SMILES string of the molecule is COC(=O)c1ccnc2c1ccn2-c1ccc(F)c(OC)c1. The van der Waals surface area contributed by atoms with Crippen molar-refractivity contribution in [3.8, 4) is 11.4 Å². The van der Waals surface area contributed by atoms with Crippen LogP contribution in [0.1, 0.15) is 10.4 Å². The summed E-state index contributed by atoms with van der Waals surface area (Å²) in [5, 5.41) is 0.664. The normalized spacial score (nSPS) is 10.7. The van der Waals surface area contributed by atoms with Crippen molar-refractivity contribution in [3.05, 3.63) is 54.1 Å². The summed E-state index contributed by atoms with van der Waals surface area (Å²) in [5.41, 5.74) is 1.69. The second kappa shape index (κ2) is 5.48. The summed E-state index contributed by atoms with van der Waals surface area (Å²) in [6.45, 7) is 0. The van der Waals surface area contributed by atoms with Crippen LogP contribution in [0.4, 0.5) is 4.39 Å². The molecule has 2 aromatic heterocycles. The first-order valence-corrected chi connectivity index (χ1v) is 6.54. The van der Waals surface area contributed by atoms with Gasteiger partial charge in [-0.1, -0.05) is 0 Å². The Hall–Kier alpha value is -2.89. The highest BCUT2D eigenvalue weighted by Crippen LogP contribution is 2.26. The van der Waals surface area contributed by atoms with E-state index in [1.54, 1.807) is 35.0 Å². The van der Waals surface area contributed by atoms with E-state index in [9.17, 15) is 9.18 Å². The number of methoxy groups -OCH3 is 2. The molecule has 22 heavy (non-hydrogen) atoms. The van der Waals surface area contributed by atoms with Crippen LogP contribution in [-0.4, -0.2) is 29.7 Å². The first kappa shape index (κ1) is 14.1. The van der Waals surface area contributed by atoms with Crippen molar-refractivity contribution in [1.29, 1.82) is 0 Å². The van der Waals surface area contributed by atoms with E-state index >= 15 is 0 Å². The summed E-state index contributed by atoms with van der Waals surface area (Å²) in [7, 11) is 2.74. The van der Waals surface area contributed by atoms with E-state index in [1.807, 2.05) is 0 Å². The molecule has 5 nitrogen and oxygen atoms in total. The third-order valence-corrected chi connectivity index (χ3v) is 3.41. The molecule has 1 aromatic carbocycles. The Labute approximate surface area is 125 Å². The Morgan fingerprint density at radius 3 is 2.77 bits per heavy atom. The number of carbonyl (C=O) groups excluding carboxylic acids is 1. The van der Waals surface area contributed by atoms with Gasteiger partial charge in [0.1, 0.15) is 5.65 Å². The molecule has 0 spiro atoms. The zero-order valence-electron chi connectivity index (χ0n) is 12.0. The number of ether oxygens (including phenoxy) is 2. The maximum absolute atomic E-state index is 13.5. The lowest BCUT2D eigenvalue weighted by Crippen LogP contribution is -2.03. The van der Waals surface area contributed by atoms with Gasteiger partial charge >= 0.3 is 5.97 Å². The van der Waals surface area contributed by atoms with Gasteiger partial charge in [0.15, 0.2) is 11.6 Å². The lowest BCUT2D eigenvalue weighted by Gasteiger charge is -2.08. The van der Waals surface area contributed by atoms with Crippen molar-refractivity contribution < 1.29 is 18.7 Å². The van der Waals surface area contributed by atoms with Crippen LogP contribution >= 0.6 is 0 Å². The summed E-state index contributed by atoms with van der Waals surface area (Å²) < 4.78 is 25.0. The molecule has 0 aliphatic rings. The standard InChI is InChI=1S/C16H13FN2O3/c1-21-14-9-10(3-4-13(14)17)19-8-6-11-12(16(20)22-2)5-7-18-15(11)19/h3-9H,1-2H3. The number of esters is 1. The smallest absolute Gasteiger partial charge is 0.338 e. The predicted octanol–water partition coefficient (Wildman–Crippen LogP) is 2.96. The molecule has 0 radical (unpaired) electrons. The number of fused-ring (bicyclic) bond motifs is 1.